The molecule has 0 unspecified atom stereocenters. The summed E-state index contributed by atoms with van der Waals surface area (Å²) in [6.07, 6.45) is 1.15. The Labute approximate surface area is 142 Å². The molecule has 0 atom stereocenters. The zero-order valence-corrected chi connectivity index (χ0v) is 14.3. The third kappa shape index (κ3) is 4.21. The molecule has 0 bridgehead atoms. The van der Waals surface area contributed by atoms with E-state index in [9.17, 15) is 13.2 Å². The van der Waals surface area contributed by atoms with Gasteiger partial charge in [0.05, 0.1) is 5.75 Å². The standard InChI is InChI=1S/C18H20N2O3S/c1-13-3-2-4-15(9-13)12-24(22,23)19-11-14-5-7-17-16(10-14)6-8-18(21)20-17/h2-5,7,9-10,19H,6,8,11-12H2,1H3,(H,20,21). The Kier molecular flexibility index (Phi) is 4.69. The summed E-state index contributed by atoms with van der Waals surface area (Å²) in [5.41, 5.74) is 4.57. The highest BCUT2D eigenvalue weighted by atomic mass is 32.2. The summed E-state index contributed by atoms with van der Waals surface area (Å²) in [6, 6.07) is 13.1. The largest absolute Gasteiger partial charge is 0.326 e. The molecule has 5 nitrogen and oxygen atoms in total. The predicted octanol–water partition coefficient (Wildman–Crippen LogP) is 2.50. The Hall–Kier alpha value is -2.18. The Morgan fingerprint density at radius 3 is 2.71 bits per heavy atom. The first kappa shape index (κ1) is 16.7. The second-order valence-electron chi connectivity index (χ2n) is 6.11. The molecule has 1 aliphatic heterocycles. The van der Waals surface area contributed by atoms with Crippen molar-refractivity contribution in [2.24, 2.45) is 0 Å². The molecule has 2 aromatic carbocycles. The highest BCUT2D eigenvalue weighted by Gasteiger charge is 2.16. The Bertz CT molecular complexity index is 876. The molecule has 6 heteroatoms. The number of hydrogen-bond donors (Lipinski definition) is 2. The van der Waals surface area contributed by atoms with Gasteiger partial charge in [0.15, 0.2) is 0 Å². The number of aryl methyl sites for hydroxylation is 2. The van der Waals surface area contributed by atoms with Crippen molar-refractivity contribution < 1.29 is 13.2 Å². The van der Waals surface area contributed by atoms with Gasteiger partial charge >= 0.3 is 0 Å². The van der Waals surface area contributed by atoms with Gasteiger partial charge in [0.2, 0.25) is 15.9 Å². The topological polar surface area (TPSA) is 75.3 Å². The molecule has 0 radical (unpaired) electrons. The van der Waals surface area contributed by atoms with Crippen molar-refractivity contribution in [2.45, 2.75) is 32.1 Å². The molecular weight excluding hydrogens is 324 g/mol. The number of anilines is 1. The molecule has 0 saturated heterocycles. The molecule has 2 N–H and O–H groups in total. The van der Waals surface area contributed by atoms with E-state index in [0.29, 0.717) is 12.8 Å². The molecule has 1 amide bonds. The number of carbonyl (C=O) groups excluding carboxylic acids is 1. The number of carbonyl (C=O) groups is 1. The summed E-state index contributed by atoms with van der Waals surface area (Å²) in [4.78, 5) is 11.4. The number of sulfonamides is 1. The summed E-state index contributed by atoms with van der Waals surface area (Å²) in [6.45, 7) is 2.19. The maximum absolute atomic E-state index is 12.2. The monoisotopic (exact) mass is 344 g/mol. The van der Waals surface area contributed by atoms with Crippen molar-refractivity contribution in [1.82, 2.24) is 4.72 Å². The molecule has 0 saturated carbocycles. The summed E-state index contributed by atoms with van der Waals surface area (Å²) in [7, 11) is -3.40. The molecule has 0 aromatic heterocycles. The minimum atomic E-state index is -3.40. The number of hydrogen-bond acceptors (Lipinski definition) is 3. The van der Waals surface area contributed by atoms with Crippen LogP contribution < -0.4 is 10.0 Å². The van der Waals surface area contributed by atoms with E-state index < -0.39 is 10.0 Å². The minimum Gasteiger partial charge on any atom is -0.326 e. The molecule has 1 aliphatic rings. The van der Waals surface area contributed by atoms with Crippen LogP contribution in [0.1, 0.15) is 28.7 Å². The van der Waals surface area contributed by atoms with Crippen molar-refractivity contribution in [1.29, 1.82) is 0 Å². The van der Waals surface area contributed by atoms with Crippen molar-refractivity contribution in [3.63, 3.8) is 0 Å². The lowest BCUT2D eigenvalue weighted by Crippen LogP contribution is -2.25. The van der Waals surface area contributed by atoms with Crippen molar-refractivity contribution in [3.05, 3.63) is 64.7 Å². The third-order valence-corrected chi connectivity index (χ3v) is 5.30. The van der Waals surface area contributed by atoms with Crippen molar-refractivity contribution in [3.8, 4) is 0 Å². The van der Waals surface area contributed by atoms with Crippen LogP contribution in [-0.2, 0) is 33.5 Å². The molecule has 0 fully saturated rings. The average Bonchev–Trinajstić information content (AvgIpc) is 2.52. The van der Waals surface area contributed by atoms with Crippen LogP contribution in [0.4, 0.5) is 5.69 Å². The van der Waals surface area contributed by atoms with Gasteiger partial charge in [0.1, 0.15) is 0 Å². The lowest BCUT2D eigenvalue weighted by molar-refractivity contribution is -0.116. The minimum absolute atomic E-state index is 0.0223. The van der Waals surface area contributed by atoms with E-state index >= 15 is 0 Å². The smallest absolute Gasteiger partial charge is 0.224 e. The second kappa shape index (κ2) is 6.75. The van der Waals surface area contributed by atoms with E-state index in [1.807, 2.05) is 49.4 Å². The quantitative estimate of drug-likeness (QED) is 0.875. The van der Waals surface area contributed by atoms with Crippen LogP contribution in [-0.4, -0.2) is 14.3 Å². The fraction of sp³-hybridized carbons (Fsp3) is 0.278. The summed E-state index contributed by atoms with van der Waals surface area (Å²) in [5, 5.41) is 2.82. The maximum Gasteiger partial charge on any atom is 0.224 e. The van der Waals surface area contributed by atoms with Crippen LogP contribution in [0.15, 0.2) is 42.5 Å². The molecule has 24 heavy (non-hydrogen) atoms. The Morgan fingerprint density at radius 2 is 1.92 bits per heavy atom. The highest BCUT2D eigenvalue weighted by Crippen LogP contribution is 2.23. The van der Waals surface area contributed by atoms with Crippen molar-refractivity contribution in [2.75, 3.05) is 5.32 Å². The van der Waals surface area contributed by atoms with Gasteiger partial charge in [-0.3, -0.25) is 4.79 Å². The van der Waals surface area contributed by atoms with E-state index in [4.69, 9.17) is 0 Å². The molecule has 0 spiro atoms. The van der Waals surface area contributed by atoms with E-state index in [1.54, 1.807) is 0 Å². The number of rotatable bonds is 5. The van der Waals surface area contributed by atoms with Gasteiger partial charge in [0.25, 0.3) is 0 Å². The number of benzene rings is 2. The average molecular weight is 344 g/mol. The van der Waals surface area contributed by atoms with E-state index in [0.717, 1.165) is 27.9 Å². The zero-order valence-electron chi connectivity index (χ0n) is 13.5. The Balaban J connectivity index is 1.65. The van der Waals surface area contributed by atoms with Gasteiger partial charge in [0, 0.05) is 18.7 Å². The van der Waals surface area contributed by atoms with Gasteiger partial charge in [-0.1, -0.05) is 42.0 Å². The second-order valence-corrected chi connectivity index (χ2v) is 7.92. The SMILES string of the molecule is Cc1cccc(CS(=O)(=O)NCc2ccc3c(c2)CCC(=O)N3)c1. The molecule has 126 valence electrons. The van der Waals surface area contributed by atoms with E-state index in [2.05, 4.69) is 10.0 Å². The molecule has 1 heterocycles. The first-order valence-corrected chi connectivity index (χ1v) is 9.51. The zero-order chi connectivity index (χ0) is 17.2. The van der Waals surface area contributed by atoms with E-state index in [-0.39, 0.29) is 18.2 Å². The predicted molar refractivity (Wildman–Crippen MR) is 94.0 cm³/mol. The van der Waals surface area contributed by atoms with Crippen LogP contribution >= 0.6 is 0 Å². The lowest BCUT2D eigenvalue weighted by Gasteiger charge is -2.17. The third-order valence-electron chi connectivity index (χ3n) is 4.00. The number of fused-ring (bicyclic) bond motifs is 1. The van der Waals surface area contributed by atoms with Gasteiger partial charge in [-0.2, -0.15) is 0 Å². The van der Waals surface area contributed by atoms with E-state index in [1.165, 1.54) is 0 Å². The van der Waals surface area contributed by atoms with Gasteiger partial charge < -0.3 is 5.32 Å². The maximum atomic E-state index is 12.2. The fourth-order valence-electron chi connectivity index (χ4n) is 2.81. The summed E-state index contributed by atoms with van der Waals surface area (Å²) >= 11 is 0. The molecule has 2 aromatic rings. The normalized spacial score (nSPS) is 14.1. The van der Waals surface area contributed by atoms with Crippen LogP contribution in [0.25, 0.3) is 0 Å². The van der Waals surface area contributed by atoms with Crippen molar-refractivity contribution >= 4 is 21.6 Å². The molecule has 3 rings (SSSR count). The number of amides is 1. The van der Waals surface area contributed by atoms with Gasteiger partial charge in [-0.25, -0.2) is 13.1 Å². The molecule has 0 aliphatic carbocycles. The first-order valence-electron chi connectivity index (χ1n) is 7.86. The number of nitrogens with one attached hydrogen (secondary N) is 2. The fourth-order valence-corrected chi connectivity index (χ4v) is 3.92. The van der Waals surface area contributed by atoms with Crippen LogP contribution in [0.3, 0.4) is 0 Å². The first-order chi connectivity index (χ1) is 11.4. The summed E-state index contributed by atoms with van der Waals surface area (Å²) in [5.74, 6) is -0.00974. The van der Waals surface area contributed by atoms with Crippen LogP contribution in [0.2, 0.25) is 0 Å². The highest BCUT2D eigenvalue weighted by molar-refractivity contribution is 7.88. The lowest BCUT2D eigenvalue weighted by atomic mass is 10.0. The van der Waals surface area contributed by atoms with Gasteiger partial charge in [-0.05, 0) is 36.1 Å². The Morgan fingerprint density at radius 1 is 1.08 bits per heavy atom. The molecular formula is C18H20N2O3S. The van der Waals surface area contributed by atoms with Crippen LogP contribution in [0.5, 0.6) is 0 Å². The van der Waals surface area contributed by atoms with Gasteiger partial charge in [-0.15, -0.1) is 0 Å². The summed E-state index contributed by atoms with van der Waals surface area (Å²) < 4.78 is 27.1. The van der Waals surface area contributed by atoms with Crippen LogP contribution in [0, 0.1) is 6.92 Å².